The molecule has 1 fully saturated rings. The summed E-state index contributed by atoms with van der Waals surface area (Å²) in [7, 11) is 1.56. The summed E-state index contributed by atoms with van der Waals surface area (Å²) in [6.45, 7) is 2.01. The van der Waals surface area contributed by atoms with Crippen LogP contribution in [0.3, 0.4) is 0 Å². The normalized spacial score (nSPS) is 16.7. The molecule has 1 aliphatic heterocycles. The summed E-state index contributed by atoms with van der Waals surface area (Å²) < 4.78 is 5.14. The summed E-state index contributed by atoms with van der Waals surface area (Å²) in [5.74, 6) is -0.0698. The van der Waals surface area contributed by atoms with Gasteiger partial charge in [-0.15, -0.1) is 0 Å². The topological polar surface area (TPSA) is 82.4 Å². The number of methoxy groups -OCH3 is 1. The highest BCUT2D eigenvalue weighted by molar-refractivity contribution is 8.05. The number of benzene rings is 3. The van der Waals surface area contributed by atoms with Gasteiger partial charge in [-0.05, 0) is 55.3 Å². The minimum Gasteiger partial charge on any atom is -0.497 e. The van der Waals surface area contributed by atoms with Gasteiger partial charge < -0.3 is 10.1 Å². The Morgan fingerprint density at radius 3 is 2.35 bits per heavy atom. The van der Waals surface area contributed by atoms with Crippen LogP contribution in [-0.4, -0.2) is 24.2 Å². The maximum absolute atomic E-state index is 13.5. The van der Waals surface area contributed by atoms with Gasteiger partial charge in [-0.2, -0.15) is 5.26 Å². The molecule has 0 aromatic heterocycles. The lowest BCUT2D eigenvalue weighted by Gasteiger charge is -2.18. The van der Waals surface area contributed by atoms with Gasteiger partial charge in [0.15, 0.2) is 0 Å². The summed E-state index contributed by atoms with van der Waals surface area (Å²) >= 11 is 1.25. The maximum Gasteiger partial charge on any atom is 0.269 e. The Hall–Kier alpha value is -4.02. The van der Waals surface area contributed by atoms with Gasteiger partial charge >= 0.3 is 0 Å². The quantitative estimate of drug-likeness (QED) is 0.403. The largest absolute Gasteiger partial charge is 0.497 e. The van der Waals surface area contributed by atoms with Crippen molar-refractivity contribution >= 4 is 35.0 Å². The van der Waals surface area contributed by atoms with Gasteiger partial charge in [-0.1, -0.05) is 59.8 Å². The smallest absolute Gasteiger partial charge is 0.269 e. The molecule has 0 bridgehead atoms. The van der Waals surface area contributed by atoms with Gasteiger partial charge in [-0.25, -0.2) is 0 Å². The van der Waals surface area contributed by atoms with Crippen LogP contribution in [0.2, 0.25) is 0 Å². The number of nitriles is 1. The third-order valence-corrected chi connectivity index (χ3v) is 6.67. The Morgan fingerprint density at radius 2 is 1.74 bits per heavy atom. The second-order valence-corrected chi connectivity index (χ2v) is 8.97. The van der Waals surface area contributed by atoms with E-state index in [1.54, 1.807) is 43.5 Å². The molecule has 3 aromatic carbocycles. The third-order valence-electron chi connectivity index (χ3n) is 5.41. The van der Waals surface area contributed by atoms with E-state index in [1.807, 2.05) is 55.5 Å². The maximum atomic E-state index is 13.5. The number of carbonyl (C=O) groups excluding carboxylic acids is 2. The Bertz CT molecular complexity index is 1260. The molecule has 0 spiro atoms. The fraction of sp³-hybridized carbons (Fsp3) is 0.148. The van der Waals surface area contributed by atoms with Crippen molar-refractivity contribution in [3.63, 3.8) is 0 Å². The lowest BCUT2D eigenvalue weighted by Crippen LogP contribution is -2.30. The predicted octanol–water partition coefficient (Wildman–Crippen LogP) is 5.07. The van der Waals surface area contributed by atoms with Crippen LogP contribution in [0.15, 0.2) is 89.5 Å². The first kappa shape index (κ1) is 23.1. The van der Waals surface area contributed by atoms with E-state index in [9.17, 15) is 14.9 Å². The minimum absolute atomic E-state index is 0.107. The zero-order valence-electron chi connectivity index (χ0n) is 18.8. The number of para-hydroxylation sites is 1. The van der Waals surface area contributed by atoms with Crippen LogP contribution in [0.4, 0.5) is 11.4 Å². The van der Waals surface area contributed by atoms with E-state index >= 15 is 0 Å². The molecule has 0 saturated carbocycles. The van der Waals surface area contributed by atoms with Crippen LogP contribution in [0, 0.1) is 18.3 Å². The average Bonchev–Trinajstić information content (AvgIpc) is 3.17. The number of carbonyl (C=O) groups is 2. The van der Waals surface area contributed by atoms with Crippen LogP contribution < -0.4 is 15.0 Å². The first-order valence-electron chi connectivity index (χ1n) is 10.7. The van der Waals surface area contributed by atoms with Gasteiger partial charge in [0.25, 0.3) is 5.91 Å². The number of nitrogens with one attached hydrogen (secondary N) is 1. The van der Waals surface area contributed by atoms with E-state index in [-0.39, 0.29) is 11.5 Å². The Labute approximate surface area is 202 Å². The molecule has 170 valence electrons. The first-order valence-corrected chi connectivity index (χ1v) is 11.6. The van der Waals surface area contributed by atoms with Crippen LogP contribution in [0.5, 0.6) is 5.75 Å². The number of aryl methyl sites for hydroxylation is 1. The zero-order chi connectivity index (χ0) is 24.1. The number of nitrogens with zero attached hydrogens (tertiary/aromatic N) is 2. The summed E-state index contributed by atoms with van der Waals surface area (Å²) in [5.41, 5.74) is 3.20. The zero-order valence-corrected chi connectivity index (χ0v) is 19.6. The molecule has 0 radical (unpaired) electrons. The van der Waals surface area contributed by atoms with Gasteiger partial charge in [-0.3, -0.25) is 14.5 Å². The summed E-state index contributed by atoms with van der Waals surface area (Å²) in [6.07, 6.45) is 0.495. The summed E-state index contributed by atoms with van der Waals surface area (Å²) in [6, 6.07) is 26.0. The predicted molar refractivity (Wildman–Crippen MR) is 134 cm³/mol. The van der Waals surface area contributed by atoms with E-state index in [1.165, 1.54) is 16.7 Å². The first-order chi connectivity index (χ1) is 16.5. The van der Waals surface area contributed by atoms with E-state index in [0.717, 1.165) is 11.1 Å². The average molecular weight is 470 g/mol. The fourth-order valence-electron chi connectivity index (χ4n) is 3.61. The number of anilines is 2. The Morgan fingerprint density at radius 1 is 1.06 bits per heavy atom. The highest BCUT2D eigenvalue weighted by atomic mass is 32.2. The Kier molecular flexibility index (Phi) is 7.00. The molecule has 1 atom stereocenters. The van der Waals surface area contributed by atoms with Crippen molar-refractivity contribution < 1.29 is 14.3 Å². The highest BCUT2D eigenvalue weighted by Crippen LogP contribution is 2.42. The standard InChI is InChI=1S/C27H23N3O3S/c1-18-8-10-19(11-9-18)16-24-26(32)30(21-6-4-3-5-7-21)27(34-24)23(17-28)25(31)29-20-12-14-22(33-2)15-13-20/h3-15,24H,16H2,1-2H3,(H,29,31)/b27-23-. The van der Waals surface area contributed by atoms with Crippen molar-refractivity contribution in [1.82, 2.24) is 0 Å². The number of hydrogen-bond donors (Lipinski definition) is 1. The van der Waals surface area contributed by atoms with Gasteiger partial charge in [0.05, 0.1) is 12.4 Å². The van der Waals surface area contributed by atoms with Crippen molar-refractivity contribution in [2.75, 3.05) is 17.3 Å². The number of thioether (sulfide) groups is 1. The molecule has 2 amide bonds. The van der Waals surface area contributed by atoms with Crippen LogP contribution in [-0.2, 0) is 16.0 Å². The van der Waals surface area contributed by atoms with E-state index < -0.39 is 11.2 Å². The molecule has 7 heteroatoms. The van der Waals surface area contributed by atoms with E-state index in [2.05, 4.69) is 5.32 Å². The number of rotatable bonds is 6. The number of ether oxygens (including phenoxy) is 1. The fourth-order valence-corrected chi connectivity index (χ4v) is 4.91. The molecule has 1 N–H and O–H groups in total. The SMILES string of the molecule is COc1ccc(NC(=O)/C(C#N)=C2\SC(Cc3ccc(C)cc3)C(=O)N2c2ccccc2)cc1. The molecule has 3 aromatic rings. The molecule has 6 nitrogen and oxygen atoms in total. The number of hydrogen-bond acceptors (Lipinski definition) is 5. The van der Waals surface area contributed by atoms with Gasteiger partial charge in [0.2, 0.25) is 5.91 Å². The minimum atomic E-state index is -0.570. The summed E-state index contributed by atoms with van der Waals surface area (Å²) in [4.78, 5) is 28.1. The highest BCUT2D eigenvalue weighted by Gasteiger charge is 2.40. The molecular weight excluding hydrogens is 446 g/mol. The van der Waals surface area contributed by atoms with Gasteiger partial charge in [0, 0.05) is 11.4 Å². The van der Waals surface area contributed by atoms with Crippen molar-refractivity contribution in [2.24, 2.45) is 0 Å². The van der Waals surface area contributed by atoms with Crippen molar-refractivity contribution in [2.45, 2.75) is 18.6 Å². The van der Waals surface area contributed by atoms with E-state index in [0.29, 0.717) is 28.6 Å². The molecule has 1 heterocycles. The number of amides is 2. The molecular formula is C27H23N3O3S. The molecule has 1 unspecified atom stereocenters. The lowest BCUT2D eigenvalue weighted by molar-refractivity contribution is -0.117. The second kappa shape index (κ2) is 10.3. The molecule has 1 aliphatic rings. The van der Waals surface area contributed by atoms with E-state index in [4.69, 9.17) is 4.74 Å². The van der Waals surface area contributed by atoms with Crippen LogP contribution in [0.1, 0.15) is 11.1 Å². The lowest BCUT2D eigenvalue weighted by atomic mass is 10.1. The molecule has 1 saturated heterocycles. The second-order valence-electron chi connectivity index (χ2n) is 7.78. The Balaban J connectivity index is 1.68. The van der Waals surface area contributed by atoms with Crippen LogP contribution >= 0.6 is 11.8 Å². The monoisotopic (exact) mass is 469 g/mol. The van der Waals surface area contributed by atoms with Crippen molar-refractivity contribution in [1.29, 1.82) is 5.26 Å². The molecule has 34 heavy (non-hydrogen) atoms. The van der Waals surface area contributed by atoms with Crippen molar-refractivity contribution in [3.8, 4) is 11.8 Å². The molecule has 0 aliphatic carbocycles. The third kappa shape index (κ3) is 4.98. The molecule has 4 rings (SSSR count). The van der Waals surface area contributed by atoms with Crippen LogP contribution in [0.25, 0.3) is 0 Å². The summed E-state index contributed by atoms with van der Waals surface area (Å²) in [5, 5.41) is 12.6. The van der Waals surface area contributed by atoms with Crippen molar-refractivity contribution in [3.05, 3.63) is 101 Å². The van der Waals surface area contributed by atoms with Gasteiger partial charge in [0.1, 0.15) is 22.4 Å².